The first-order valence-electron chi connectivity index (χ1n) is 6.21. The fraction of sp³-hybridized carbons (Fsp3) is 0.909. The molecule has 0 radical (unpaired) electrons. The Kier molecular flexibility index (Phi) is 4.17. The van der Waals surface area contributed by atoms with Gasteiger partial charge >= 0.3 is 5.97 Å². The molecule has 2 fully saturated rings. The molecule has 112 valence electrons. The lowest BCUT2D eigenvalue weighted by atomic mass is 9.98. The van der Waals surface area contributed by atoms with Gasteiger partial charge in [-0.3, -0.25) is 4.79 Å². The summed E-state index contributed by atoms with van der Waals surface area (Å²) in [6, 6.07) is -0.916. The summed E-state index contributed by atoms with van der Waals surface area (Å²) >= 11 is 0. The van der Waals surface area contributed by atoms with Crippen LogP contribution < -0.4 is 0 Å². The van der Waals surface area contributed by atoms with Crippen LogP contribution in [0.1, 0.15) is 20.8 Å². The molecule has 2 heterocycles. The first-order chi connectivity index (χ1) is 9.34. The fourth-order valence-electron chi connectivity index (χ4n) is 2.38. The Hall–Kier alpha value is -1.38. The van der Waals surface area contributed by atoms with Gasteiger partial charge in [0.2, 0.25) is 0 Å². The van der Waals surface area contributed by atoms with Crippen molar-refractivity contribution in [1.82, 2.24) is 0 Å². The van der Waals surface area contributed by atoms with Crippen LogP contribution in [0.3, 0.4) is 0 Å². The molecule has 1 N–H and O–H groups in total. The third-order valence-corrected chi connectivity index (χ3v) is 3.11. The molecular formula is C11H17N3O6. The van der Waals surface area contributed by atoms with Crippen molar-refractivity contribution in [3.05, 3.63) is 10.4 Å². The van der Waals surface area contributed by atoms with E-state index in [2.05, 4.69) is 10.0 Å². The van der Waals surface area contributed by atoms with Gasteiger partial charge in [-0.15, -0.1) is 0 Å². The number of fused-ring (bicyclic) bond motifs is 1. The van der Waals surface area contributed by atoms with Crippen molar-refractivity contribution in [3.63, 3.8) is 0 Å². The number of rotatable bonds is 3. The monoisotopic (exact) mass is 287 g/mol. The van der Waals surface area contributed by atoms with Gasteiger partial charge in [-0.1, -0.05) is 5.11 Å². The van der Waals surface area contributed by atoms with Crippen molar-refractivity contribution >= 4 is 5.97 Å². The van der Waals surface area contributed by atoms with Gasteiger partial charge in [0.05, 0.1) is 0 Å². The van der Waals surface area contributed by atoms with E-state index in [1.54, 1.807) is 13.8 Å². The molecule has 9 nitrogen and oxygen atoms in total. The topological polar surface area (TPSA) is 123 Å². The highest BCUT2D eigenvalue weighted by atomic mass is 16.8. The zero-order valence-electron chi connectivity index (χ0n) is 11.4. The highest BCUT2D eigenvalue weighted by molar-refractivity contribution is 5.65. The van der Waals surface area contributed by atoms with Crippen molar-refractivity contribution in [3.8, 4) is 0 Å². The van der Waals surface area contributed by atoms with Crippen LogP contribution in [0, 0.1) is 0 Å². The maximum absolute atomic E-state index is 10.9. The number of nitrogens with zero attached hydrogens (tertiary/aromatic N) is 3. The van der Waals surface area contributed by atoms with E-state index in [0.29, 0.717) is 0 Å². The number of aliphatic hydroxyl groups is 1. The molecule has 5 atom stereocenters. The van der Waals surface area contributed by atoms with E-state index in [-0.39, 0.29) is 6.61 Å². The number of hydrogen-bond donors (Lipinski definition) is 1. The Morgan fingerprint density at radius 1 is 1.45 bits per heavy atom. The molecule has 2 rings (SSSR count). The van der Waals surface area contributed by atoms with Crippen LogP contribution >= 0.6 is 0 Å². The van der Waals surface area contributed by atoms with Gasteiger partial charge in [0, 0.05) is 11.8 Å². The van der Waals surface area contributed by atoms with Gasteiger partial charge in [-0.25, -0.2) is 0 Å². The summed E-state index contributed by atoms with van der Waals surface area (Å²) in [7, 11) is 0. The highest BCUT2D eigenvalue weighted by Crippen LogP contribution is 2.38. The fourth-order valence-corrected chi connectivity index (χ4v) is 2.38. The lowest BCUT2D eigenvalue weighted by Gasteiger charge is -2.37. The number of azide groups is 1. The lowest BCUT2D eigenvalue weighted by molar-refractivity contribution is -0.229. The Balaban J connectivity index is 2.18. The SMILES string of the molecule is CC(=O)OC[C@H]1O[C@@H](O)[C@H](N=[N+]=[N-])[C@H]2OC(C)(C)O[C@H]21. The summed E-state index contributed by atoms with van der Waals surface area (Å²) in [5.41, 5.74) is 8.55. The number of ether oxygens (including phenoxy) is 4. The van der Waals surface area contributed by atoms with Crippen LogP contribution in [0.25, 0.3) is 10.4 Å². The van der Waals surface area contributed by atoms with Gasteiger partial charge in [0.1, 0.15) is 31.0 Å². The summed E-state index contributed by atoms with van der Waals surface area (Å²) in [5, 5.41) is 13.4. The first-order valence-corrected chi connectivity index (χ1v) is 6.21. The summed E-state index contributed by atoms with van der Waals surface area (Å²) in [6.07, 6.45) is -3.29. The van der Waals surface area contributed by atoms with Gasteiger partial charge in [0.25, 0.3) is 0 Å². The number of hydrogen-bond acceptors (Lipinski definition) is 7. The number of carbonyl (C=O) groups excluding carboxylic acids is 1. The number of aliphatic hydroxyl groups excluding tert-OH is 1. The van der Waals surface area contributed by atoms with E-state index in [4.69, 9.17) is 24.5 Å². The molecule has 2 aliphatic heterocycles. The van der Waals surface area contributed by atoms with Gasteiger partial charge in [-0.05, 0) is 19.4 Å². The van der Waals surface area contributed by atoms with Crippen molar-refractivity contribution in [1.29, 1.82) is 0 Å². The second-order valence-corrected chi connectivity index (χ2v) is 5.13. The van der Waals surface area contributed by atoms with Crippen molar-refractivity contribution < 1.29 is 28.8 Å². The largest absolute Gasteiger partial charge is 0.463 e. The third-order valence-electron chi connectivity index (χ3n) is 3.11. The molecule has 0 bridgehead atoms. The summed E-state index contributed by atoms with van der Waals surface area (Å²) in [6.45, 7) is 4.60. The number of esters is 1. The van der Waals surface area contributed by atoms with Crippen molar-refractivity contribution in [2.75, 3.05) is 6.61 Å². The first kappa shape index (κ1) is 15.0. The molecule has 20 heavy (non-hydrogen) atoms. The summed E-state index contributed by atoms with van der Waals surface area (Å²) in [5.74, 6) is -1.37. The maximum atomic E-state index is 10.9. The molecule has 0 aromatic carbocycles. The molecule has 0 spiro atoms. The van der Waals surface area contributed by atoms with Gasteiger partial charge < -0.3 is 24.1 Å². The molecular weight excluding hydrogens is 270 g/mol. The molecule has 0 aromatic rings. The quantitative estimate of drug-likeness (QED) is 0.348. The Morgan fingerprint density at radius 2 is 2.10 bits per heavy atom. The molecule has 9 heteroatoms. The van der Waals surface area contributed by atoms with E-state index in [9.17, 15) is 9.90 Å². The van der Waals surface area contributed by atoms with E-state index >= 15 is 0 Å². The predicted octanol–water partition coefficient (Wildman–Crippen LogP) is 0.466. The van der Waals surface area contributed by atoms with Crippen LogP contribution in [0.2, 0.25) is 0 Å². The molecule has 0 aromatic heterocycles. The minimum absolute atomic E-state index is 0.0734. The van der Waals surface area contributed by atoms with Crippen LogP contribution in [0.5, 0.6) is 0 Å². The highest BCUT2D eigenvalue weighted by Gasteiger charge is 2.54. The Bertz CT molecular complexity index is 436. The van der Waals surface area contributed by atoms with Crippen LogP contribution in [0.15, 0.2) is 5.11 Å². The zero-order chi connectivity index (χ0) is 14.9. The average molecular weight is 287 g/mol. The zero-order valence-corrected chi connectivity index (χ0v) is 11.4. The van der Waals surface area contributed by atoms with Gasteiger partial charge in [0.15, 0.2) is 12.1 Å². The Morgan fingerprint density at radius 3 is 2.70 bits per heavy atom. The molecule has 0 saturated carbocycles. The van der Waals surface area contributed by atoms with Crippen LogP contribution in [0.4, 0.5) is 0 Å². The van der Waals surface area contributed by atoms with Crippen LogP contribution in [-0.2, 0) is 23.7 Å². The van der Waals surface area contributed by atoms with E-state index in [1.165, 1.54) is 6.92 Å². The molecule has 0 unspecified atom stereocenters. The molecule has 0 amide bonds. The molecule has 2 saturated heterocycles. The standard InChI is InChI=1S/C11H17N3O6/c1-5(15)17-4-6-8-9(20-11(2,3)19-8)7(13-14-12)10(16)18-6/h6-10,16H,4H2,1-3H3/t6-,7-,8+,9-,10-/m1/s1. The molecule has 2 aliphatic rings. The second-order valence-electron chi connectivity index (χ2n) is 5.13. The minimum Gasteiger partial charge on any atom is -0.463 e. The second kappa shape index (κ2) is 5.55. The van der Waals surface area contributed by atoms with E-state index < -0.39 is 42.4 Å². The van der Waals surface area contributed by atoms with E-state index in [1.807, 2.05) is 0 Å². The smallest absolute Gasteiger partial charge is 0.302 e. The minimum atomic E-state index is -1.34. The lowest BCUT2D eigenvalue weighted by Crippen LogP contribution is -2.56. The summed E-state index contributed by atoms with van der Waals surface area (Å²) < 4.78 is 21.6. The number of carbonyl (C=O) groups is 1. The predicted molar refractivity (Wildman–Crippen MR) is 64.3 cm³/mol. The van der Waals surface area contributed by atoms with Crippen molar-refractivity contribution in [2.45, 2.75) is 57.2 Å². The maximum Gasteiger partial charge on any atom is 0.302 e. The normalized spacial score (nSPS) is 38.7. The van der Waals surface area contributed by atoms with Gasteiger partial charge in [-0.2, -0.15) is 0 Å². The average Bonchev–Trinajstić information content (AvgIpc) is 2.66. The third kappa shape index (κ3) is 3.02. The van der Waals surface area contributed by atoms with E-state index in [0.717, 1.165) is 0 Å². The Labute approximate surface area is 115 Å². The summed E-state index contributed by atoms with van der Waals surface area (Å²) in [4.78, 5) is 13.6. The van der Waals surface area contributed by atoms with Crippen LogP contribution in [-0.4, -0.2) is 54.1 Å². The van der Waals surface area contributed by atoms with Crippen molar-refractivity contribution in [2.24, 2.45) is 5.11 Å². The molecule has 0 aliphatic carbocycles.